The zero-order valence-electron chi connectivity index (χ0n) is 10.9. The second kappa shape index (κ2) is 5.61. The van der Waals surface area contributed by atoms with Gasteiger partial charge in [0.1, 0.15) is 5.82 Å². The van der Waals surface area contributed by atoms with Crippen LogP contribution >= 0.6 is 0 Å². The lowest BCUT2D eigenvalue weighted by Gasteiger charge is -2.18. The van der Waals surface area contributed by atoms with Gasteiger partial charge in [-0.25, -0.2) is 4.39 Å². The highest BCUT2D eigenvalue weighted by molar-refractivity contribution is 5.94. The number of rotatable bonds is 3. The number of hydrogen-bond donors (Lipinski definition) is 0. The van der Waals surface area contributed by atoms with E-state index in [9.17, 15) is 9.18 Å². The van der Waals surface area contributed by atoms with E-state index in [1.165, 1.54) is 11.0 Å². The number of hydrogen-bond acceptors (Lipinski definition) is 2. The second-order valence-corrected chi connectivity index (χ2v) is 4.45. The van der Waals surface area contributed by atoms with Gasteiger partial charge >= 0.3 is 0 Å². The van der Waals surface area contributed by atoms with Crippen LogP contribution in [0.2, 0.25) is 0 Å². The number of aryl methyl sites for hydroxylation is 1. The summed E-state index contributed by atoms with van der Waals surface area (Å²) in [6.07, 6.45) is 3.34. The molecule has 2 rings (SSSR count). The lowest BCUT2D eigenvalue weighted by atomic mass is 10.1. The Labute approximate surface area is 111 Å². The van der Waals surface area contributed by atoms with E-state index in [-0.39, 0.29) is 11.5 Å². The van der Waals surface area contributed by atoms with Crippen LogP contribution in [0.15, 0.2) is 42.7 Å². The standard InChI is InChI=1S/C15H15FN2O/c1-11-4-3-5-13(14(11)16)15(19)18(2)10-12-6-8-17-9-7-12/h3-9H,10H2,1-2H3. The van der Waals surface area contributed by atoms with Gasteiger partial charge in [0.05, 0.1) is 5.56 Å². The van der Waals surface area contributed by atoms with Crippen molar-refractivity contribution < 1.29 is 9.18 Å². The van der Waals surface area contributed by atoms with Crippen LogP contribution in [0.3, 0.4) is 0 Å². The number of carbonyl (C=O) groups is 1. The van der Waals surface area contributed by atoms with Crippen molar-refractivity contribution in [3.8, 4) is 0 Å². The summed E-state index contributed by atoms with van der Waals surface area (Å²) in [6, 6.07) is 8.50. The minimum Gasteiger partial charge on any atom is -0.337 e. The summed E-state index contributed by atoms with van der Waals surface area (Å²) in [5, 5.41) is 0. The number of aromatic nitrogens is 1. The van der Waals surface area contributed by atoms with Gasteiger partial charge in [-0.05, 0) is 36.2 Å². The van der Waals surface area contributed by atoms with Crippen molar-refractivity contribution in [2.75, 3.05) is 7.05 Å². The Balaban J connectivity index is 2.18. The Hall–Kier alpha value is -2.23. The topological polar surface area (TPSA) is 33.2 Å². The summed E-state index contributed by atoms with van der Waals surface area (Å²) in [6.45, 7) is 2.07. The third-order valence-electron chi connectivity index (χ3n) is 2.94. The first-order chi connectivity index (χ1) is 9.09. The van der Waals surface area contributed by atoms with Crippen LogP contribution in [0.25, 0.3) is 0 Å². The summed E-state index contributed by atoms with van der Waals surface area (Å²) in [4.78, 5) is 17.6. The highest BCUT2D eigenvalue weighted by Gasteiger charge is 2.17. The molecule has 0 spiro atoms. The van der Waals surface area contributed by atoms with Crippen molar-refractivity contribution in [3.63, 3.8) is 0 Å². The van der Waals surface area contributed by atoms with E-state index in [0.29, 0.717) is 12.1 Å². The first-order valence-corrected chi connectivity index (χ1v) is 5.99. The van der Waals surface area contributed by atoms with E-state index >= 15 is 0 Å². The monoisotopic (exact) mass is 258 g/mol. The number of carbonyl (C=O) groups excluding carboxylic acids is 1. The summed E-state index contributed by atoms with van der Waals surface area (Å²) in [5.41, 5.74) is 1.54. The Morgan fingerprint density at radius 1 is 1.26 bits per heavy atom. The zero-order chi connectivity index (χ0) is 13.8. The molecular weight excluding hydrogens is 243 g/mol. The summed E-state index contributed by atoms with van der Waals surface area (Å²) in [7, 11) is 1.66. The van der Waals surface area contributed by atoms with Crippen LogP contribution in [0.4, 0.5) is 4.39 Å². The molecule has 1 amide bonds. The highest BCUT2D eigenvalue weighted by atomic mass is 19.1. The van der Waals surface area contributed by atoms with Crippen molar-refractivity contribution >= 4 is 5.91 Å². The molecule has 0 fully saturated rings. The van der Waals surface area contributed by atoms with Crippen molar-refractivity contribution in [3.05, 3.63) is 65.2 Å². The molecule has 0 aliphatic carbocycles. The fourth-order valence-corrected chi connectivity index (χ4v) is 1.85. The van der Waals surface area contributed by atoms with E-state index in [4.69, 9.17) is 0 Å². The third kappa shape index (κ3) is 2.96. The number of halogens is 1. The third-order valence-corrected chi connectivity index (χ3v) is 2.94. The van der Waals surface area contributed by atoms with Gasteiger partial charge in [0.15, 0.2) is 0 Å². The van der Waals surface area contributed by atoms with Crippen LogP contribution in [-0.2, 0) is 6.54 Å². The van der Waals surface area contributed by atoms with Crippen LogP contribution in [-0.4, -0.2) is 22.8 Å². The van der Waals surface area contributed by atoms with E-state index in [2.05, 4.69) is 4.98 Å². The quantitative estimate of drug-likeness (QED) is 0.848. The van der Waals surface area contributed by atoms with Gasteiger partial charge in [-0.3, -0.25) is 9.78 Å². The second-order valence-electron chi connectivity index (χ2n) is 4.45. The summed E-state index contributed by atoms with van der Waals surface area (Å²) >= 11 is 0. The normalized spacial score (nSPS) is 10.3. The van der Waals surface area contributed by atoms with Crippen molar-refractivity contribution in [1.29, 1.82) is 0 Å². The number of nitrogens with zero attached hydrogens (tertiary/aromatic N) is 2. The minimum atomic E-state index is -0.450. The molecule has 0 atom stereocenters. The minimum absolute atomic E-state index is 0.108. The molecule has 0 unspecified atom stereocenters. The fourth-order valence-electron chi connectivity index (χ4n) is 1.85. The molecule has 1 heterocycles. The van der Waals surface area contributed by atoms with Gasteiger partial charge in [0.2, 0.25) is 0 Å². The molecule has 1 aromatic heterocycles. The average Bonchev–Trinajstić information content (AvgIpc) is 2.42. The zero-order valence-corrected chi connectivity index (χ0v) is 10.9. The molecule has 0 saturated heterocycles. The molecule has 4 heteroatoms. The smallest absolute Gasteiger partial charge is 0.256 e. The Kier molecular flexibility index (Phi) is 3.90. The van der Waals surface area contributed by atoms with E-state index in [1.54, 1.807) is 38.5 Å². The molecular formula is C15H15FN2O. The molecule has 0 bridgehead atoms. The van der Waals surface area contributed by atoms with Crippen molar-refractivity contribution in [2.24, 2.45) is 0 Å². The van der Waals surface area contributed by atoms with Gasteiger partial charge in [0, 0.05) is 26.0 Å². The SMILES string of the molecule is Cc1cccc(C(=O)N(C)Cc2ccncc2)c1F. The molecule has 2 aromatic rings. The van der Waals surface area contributed by atoms with Crippen LogP contribution in [0, 0.1) is 12.7 Å². The van der Waals surface area contributed by atoms with Gasteiger partial charge in [-0.15, -0.1) is 0 Å². The molecule has 3 nitrogen and oxygen atoms in total. The Morgan fingerprint density at radius 2 is 1.95 bits per heavy atom. The molecule has 1 aromatic carbocycles. The number of benzene rings is 1. The number of pyridine rings is 1. The molecule has 0 aliphatic heterocycles. The molecule has 0 saturated carbocycles. The van der Waals surface area contributed by atoms with E-state index in [1.807, 2.05) is 12.1 Å². The Bertz CT molecular complexity index is 584. The summed E-state index contributed by atoms with van der Waals surface area (Å²) < 4.78 is 13.9. The van der Waals surface area contributed by atoms with Crippen LogP contribution in [0.5, 0.6) is 0 Å². The van der Waals surface area contributed by atoms with Crippen LogP contribution < -0.4 is 0 Å². The van der Waals surface area contributed by atoms with Gasteiger partial charge in [-0.2, -0.15) is 0 Å². The average molecular weight is 258 g/mol. The Morgan fingerprint density at radius 3 is 2.63 bits per heavy atom. The molecule has 0 N–H and O–H groups in total. The first-order valence-electron chi connectivity index (χ1n) is 5.99. The largest absolute Gasteiger partial charge is 0.337 e. The molecule has 0 radical (unpaired) electrons. The fraction of sp³-hybridized carbons (Fsp3) is 0.200. The molecule has 98 valence electrons. The lowest BCUT2D eigenvalue weighted by molar-refractivity contribution is 0.0780. The predicted octanol–water partition coefficient (Wildman–Crippen LogP) is 2.80. The maximum atomic E-state index is 13.9. The molecule has 19 heavy (non-hydrogen) atoms. The van der Waals surface area contributed by atoms with Crippen molar-refractivity contribution in [2.45, 2.75) is 13.5 Å². The number of amides is 1. The maximum absolute atomic E-state index is 13.9. The summed E-state index contributed by atoms with van der Waals surface area (Å²) in [5.74, 6) is -0.771. The van der Waals surface area contributed by atoms with E-state index in [0.717, 1.165) is 5.56 Å². The van der Waals surface area contributed by atoms with Gasteiger partial charge in [-0.1, -0.05) is 12.1 Å². The van der Waals surface area contributed by atoms with Crippen LogP contribution in [0.1, 0.15) is 21.5 Å². The van der Waals surface area contributed by atoms with Crippen molar-refractivity contribution in [1.82, 2.24) is 9.88 Å². The maximum Gasteiger partial charge on any atom is 0.256 e. The van der Waals surface area contributed by atoms with Gasteiger partial charge in [0.25, 0.3) is 5.91 Å². The predicted molar refractivity (Wildman–Crippen MR) is 71.2 cm³/mol. The van der Waals surface area contributed by atoms with E-state index < -0.39 is 5.82 Å². The highest BCUT2D eigenvalue weighted by Crippen LogP contribution is 2.14. The van der Waals surface area contributed by atoms with Gasteiger partial charge < -0.3 is 4.90 Å². The molecule has 0 aliphatic rings. The lowest BCUT2D eigenvalue weighted by Crippen LogP contribution is -2.27. The first kappa shape index (κ1) is 13.2.